The molecule has 0 bridgehead atoms. The van der Waals surface area contributed by atoms with E-state index in [2.05, 4.69) is 4.72 Å². The van der Waals surface area contributed by atoms with Gasteiger partial charge in [0.1, 0.15) is 0 Å². The first-order valence-corrected chi connectivity index (χ1v) is 8.90. The Kier molecular flexibility index (Phi) is 5.87. The van der Waals surface area contributed by atoms with Crippen molar-refractivity contribution in [3.8, 4) is 11.5 Å². The molecule has 1 N–H and O–H groups in total. The molecule has 0 aliphatic carbocycles. The lowest BCUT2D eigenvalue weighted by molar-refractivity contribution is 0.354. The molecular weight excluding hydrogens is 338 g/mol. The molecule has 0 atom stereocenters. The van der Waals surface area contributed by atoms with Crippen molar-refractivity contribution in [3.63, 3.8) is 0 Å². The standard InChI is InChI=1S/C16H18ClNO4S/c1-21-15-8-7-12(9-16(15)22-2)10-18-23(19,20)11-13-5-3-4-6-14(13)17/h3-9,18H,10-11H2,1-2H3. The highest BCUT2D eigenvalue weighted by atomic mass is 35.5. The van der Waals surface area contributed by atoms with E-state index in [1.54, 1.807) is 49.6 Å². The summed E-state index contributed by atoms with van der Waals surface area (Å²) in [7, 11) is -0.421. The Labute approximate surface area is 141 Å². The minimum absolute atomic E-state index is 0.160. The van der Waals surface area contributed by atoms with E-state index < -0.39 is 10.0 Å². The van der Waals surface area contributed by atoms with Crippen LogP contribution in [-0.4, -0.2) is 22.6 Å². The molecule has 2 rings (SSSR count). The van der Waals surface area contributed by atoms with Crippen LogP contribution < -0.4 is 14.2 Å². The van der Waals surface area contributed by atoms with Gasteiger partial charge in [0.05, 0.1) is 20.0 Å². The summed E-state index contributed by atoms with van der Waals surface area (Å²) in [5, 5.41) is 0.434. The average molecular weight is 356 g/mol. The Bertz CT molecular complexity index is 777. The van der Waals surface area contributed by atoms with Crippen LogP contribution in [0.25, 0.3) is 0 Å². The van der Waals surface area contributed by atoms with Gasteiger partial charge in [-0.25, -0.2) is 13.1 Å². The molecule has 0 aliphatic heterocycles. The maximum atomic E-state index is 12.2. The van der Waals surface area contributed by atoms with E-state index in [9.17, 15) is 8.42 Å². The third-order valence-electron chi connectivity index (χ3n) is 3.25. The van der Waals surface area contributed by atoms with Gasteiger partial charge in [-0.05, 0) is 29.3 Å². The molecule has 0 saturated heterocycles. The molecule has 0 aromatic heterocycles. The number of rotatable bonds is 7. The molecule has 124 valence electrons. The summed E-state index contributed by atoms with van der Waals surface area (Å²) in [4.78, 5) is 0. The second kappa shape index (κ2) is 7.68. The Morgan fingerprint density at radius 2 is 1.74 bits per heavy atom. The predicted octanol–water partition coefficient (Wildman–Crippen LogP) is 2.98. The molecule has 0 aliphatic rings. The third kappa shape index (κ3) is 4.86. The minimum atomic E-state index is -3.50. The fourth-order valence-corrected chi connectivity index (χ4v) is 3.49. The summed E-state index contributed by atoms with van der Waals surface area (Å²) in [6.45, 7) is 0.160. The van der Waals surface area contributed by atoms with Gasteiger partial charge in [0.25, 0.3) is 0 Å². The number of hydrogen-bond donors (Lipinski definition) is 1. The van der Waals surface area contributed by atoms with Crippen LogP contribution in [0.2, 0.25) is 5.02 Å². The van der Waals surface area contributed by atoms with Crippen molar-refractivity contribution >= 4 is 21.6 Å². The Morgan fingerprint density at radius 1 is 1.04 bits per heavy atom. The summed E-state index contributed by atoms with van der Waals surface area (Å²) < 4.78 is 37.3. The van der Waals surface area contributed by atoms with Crippen molar-refractivity contribution in [3.05, 3.63) is 58.6 Å². The predicted molar refractivity (Wildman–Crippen MR) is 90.5 cm³/mol. The zero-order chi connectivity index (χ0) is 16.9. The number of benzene rings is 2. The number of methoxy groups -OCH3 is 2. The highest BCUT2D eigenvalue weighted by Crippen LogP contribution is 2.27. The van der Waals surface area contributed by atoms with Crippen molar-refractivity contribution in [1.82, 2.24) is 4.72 Å². The molecule has 5 nitrogen and oxygen atoms in total. The van der Waals surface area contributed by atoms with E-state index >= 15 is 0 Å². The zero-order valence-corrected chi connectivity index (χ0v) is 14.4. The van der Waals surface area contributed by atoms with Gasteiger partial charge in [-0.1, -0.05) is 35.9 Å². The minimum Gasteiger partial charge on any atom is -0.493 e. The van der Waals surface area contributed by atoms with Crippen molar-refractivity contribution < 1.29 is 17.9 Å². The first-order chi connectivity index (χ1) is 10.9. The lowest BCUT2D eigenvalue weighted by Gasteiger charge is -2.11. The topological polar surface area (TPSA) is 64.6 Å². The van der Waals surface area contributed by atoms with Gasteiger partial charge in [-0.2, -0.15) is 0 Å². The molecule has 0 spiro atoms. The zero-order valence-electron chi connectivity index (χ0n) is 12.9. The first kappa shape index (κ1) is 17.6. The van der Waals surface area contributed by atoms with Crippen LogP contribution in [0.15, 0.2) is 42.5 Å². The van der Waals surface area contributed by atoms with Gasteiger partial charge in [0, 0.05) is 11.6 Å². The summed E-state index contributed by atoms with van der Waals surface area (Å²) in [6.07, 6.45) is 0. The van der Waals surface area contributed by atoms with E-state index in [0.717, 1.165) is 5.56 Å². The summed E-state index contributed by atoms with van der Waals surface area (Å²) >= 11 is 6.00. The second-order valence-electron chi connectivity index (χ2n) is 4.86. The second-order valence-corrected chi connectivity index (χ2v) is 7.07. The van der Waals surface area contributed by atoms with Gasteiger partial charge < -0.3 is 9.47 Å². The van der Waals surface area contributed by atoms with E-state index in [1.165, 1.54) is 7.11 Å². The molecule has 23 heavy (non-hydrogen) atoms. The molecule has 0 amide bonds. The molecule has 0 unspecified atom stereocenters. The van der Waals surface area contributed by atoms with Gasteiger partial charge in [-0.15, -0.1) is 0 Å². The molecule has 0 fully saturated rings. The maximum Gasteiger partial charge on any atom is 0.216 e. The van der Waals surface area contributed by atoms with Crippen LogP contribution >= 0.6 is 11.6 Å². The fraction of sp³-hybridized carbons (Fsp3) is 0.250. The lowest BCUT2D eigenvalue weighted by Crippen LogP contribution is -2.24. The van der Waals surface area contributed by atoms with Crippen molar-refractivity contribution in [2.45, 2.75) is 12.3 Å². The highest BCUT2D eigenvalue weighted by Gasteiger charge is 2.14. The van der Waals surface area contributed by atoms with E-state index in [4.69, 9.17) is 21.1 Å². The van der Waals surface area contributed by atoms with Gasteiger partial charge in [-0.3, -0.25) is 0 Å². The molecular formula is C16H18ClNO4S. The van der Waals surface area contributed by atoms with E-state index in [0.29, 0.717) is 22.1 Å². The Hall–Kier alpha value is -1.76. The summed E-state index contributed by atoms with van der Waals surface area (Å²) in [5.41, 5.74) is 1.33. The Morgan fingerprint density at radius 3 is 2.39 bits per heavy atom. The molecule has 7 heteroatoms. The number of hydrogen-bond acceptors (Lipinski definition) is 4. The van der Waals surface area contributed by atoms with Crippen LogP contribution in [0.3, 0.4) is 0 Å². The summed E-state index contributed by atoms with van der Waals surface area (Å²) in [5.74, 6) is 0.977. The SMILES string of the molecule is COc1ccc(CNS(=O)(=O)Cc2ccccc2Cl)cc1OC. The number of halogens is 1. The van der Waals surface area contributed by atoms with Crippen LogP contribution in [0.5, 0.6) is 11.5 Å². The smallest absolute Gasteiger partial charge is 0.216 e. The van der Waals surface area contributed by atoms with E-state index in [-0.39, 0.29) is 12.3 Å². The average Bonchev–Trinajstić information content (AvgIpc) is 2.54. The molecule has 2 aromatic carbocycles. The normalized spacial score (nSPS) is 11.3. The van der Waals surface area contributed by atoms with Crippen LogP contribution in [0, 0.1) is 0 Å². The largest absolute Gasteiger partial charge is 0.493 e. The van der Waals surface area contributed by atoms with Crippen molar-refractivity contribution in [1.29, 1.82) is 0 Å². The summed E-state index contributed by atoms with van der Waals surface area (Å²) in [6, 6.07) is 12.1. The molecule has 0 radical (unpaired) electrons. The van der Waals surface area contributed by atoms with Crippen LogP contribution in [0.1, 0.15) is 11.1 Å². The van der Waals surface area contributed by atoms with Gasteiger partial charge in [0.2, 0.25) is 10.0 Å². The number of ether oxygens (including phenoxy) is 2. The van der Waals surface area contributed by atoms with E-state index in [1.807, 2.05) is 0 Å². The lowest BCUT2D eigenvalue weighted by atomic mass is 10.2. The molecule has 0 saturated carbocycles. The van der Waals surface area contributed by atoms with Gasteiger partial charge >= 0.3 is 0 Å². The van der Waals surface area contributed by atoms with Crippen LogP contribution in [0.4, 0.5) is 0 Å². The maximum absolute atomic E-state index is 12.2. The van der Waals surface area contributed by atoms with Crippen molar-refractivity contribution in [2.24, 2.45) is 0 Å². The third-order valence-corrected chi connectivity index (χ3v) is 4.89. The number of sulfonamides is 1. The highest BCUT2D eigenvalue weighted by molar-refractivity contribution is 7.88. The molecule has 2 aromatic rings. The molecule has 0 heterocycles. The van der Waals surface area contributed by atoms with Gasteiger partial charge in [0.15, 0.2) is 11.5 Å². The first-order valence-electron chi connectivity index (χ1n) is 6.87. The van der Waals surface area contributed by atoms with Crippen LogP contribution in [-0.2, 0) is 22.3 Å². The quantitative estimate of drug-likeness (QED) is 0.829. The monoisotopic (exact) mass is 355 g/mol. The van der Waals surface area contributed by atoms with Crippen molar-refractivity contribution in [2.75, 3.05) is 14.2 Å². The number of nitrogens with one attached hydrogen (secondary N) is 1. The fourth-order valence-electron chi connectivity index (χ4n) is 2.06. The Balaban J connectivity index is 2.06.